The largest absolute Gasteiger partial charge is 0.436 e. The summed E-state index contributed by atoms with van der Waals surface area (Å²) in [4.78, 5) is 4.40. The fourth-order valence-electron chi connectivity index (χ4n) is 1.43. The summed E-state index contributed by atoms with van der Waals surface area (Å²) >= 11 is 0. The standard InChI is InChI=1S/C12H13NO/c1-3-6-9(2)12-13-10-7-4-5-8-11(10)14-12/h4-8H,3H2,1-2H3/b9-6+. The number of hydrogen-bond donors (Lipinski definition) is 0. The SMILES string of the molecule is CC/C=C(\C)c1nc2ccccc2o1. The van der Waals surface area contributed by atoms with Crippen LogP contribution in [0.4, 0.5) is 0 Å². The predicted molar refractivity (Wildman–Crippen MR) is 58.0 cm³/mol. The first-order valence-corrected chi connectivity index (χ1v) is 4.84. The number of rotatable bonds is 2. The molecule has 0 bridgehead atoms. The molecular weight excluding hydrogens is 174 g/mol. The molecule has 0 aliphatic heterocycles. The van der Waals surface area contributed by atoms with Crippen LogP contribution in [0, 0.1) is 0 Å². The summed E-state index contributed by atoms with van der Waals surface area (Å²) in [6, 6.07) is 7.82. The van der Waals surface area contributed by atoms with E-state index in [1.54, 1.807) is 0 Å². The van der Waals surface area contributed by atoms with Gasteiger partial charge >= 0.3 is 0 Å². The van der Waals surface area contributed by atoms with Gasteiger partial charge in [0.15, 0.2) is 5.58 Å². The van der Waals surface area contributed by atoms with Crippen LogP contribution in [0.3, 0.4) is 0 Å². The summed E-state index contributed by atoms with van der Waals surface area (Å²) in [6.07, 6.45) is 3.12. The van der Waals surface area contributed by atoms with E-state index in [0.29, 0.717) is 0 Å². The number of fused-ring (bicyclic) bond motifs is 1. The Bertz CT molecular complexity index is 435. The van der Waals surface area contributed by atoms with Crippen molar-refractivity contribution in [2.45, 2.75) is 20.3 Å². The third kappa shape index (κ3) is 1.55. The summed E-state index contributed by atoms with van der Waals surface area (Å²) in [5.74, 6) is 0.730. The van der Waals surface area contributed by atoms with E-state index in [1.165, 1.54) is 0 Å². The Labute approximate surface area is 83.3 Å². The van der Waals surface area contributed by atoms with Gasteiger partial charge in [-0.15, -0.1) is 0 Å². The maximum Gasteiger partial charge on any atom is 0.222 e. The van der Waals surface area contributed by atoms with Gasteiger partial charge in [0.05, 0.1) is 0 Å². The highest BCUT2D eigenvalue weighted by Crippen LogP contribution is 2.20. The molecular formula is C12H13NO. The van der Waals surface area contributed by atoms with Crippen LogP contribution in [0.2, 0.25) is 0 Å². The zero-order chi connectivity index (χ0) is 9.97. The average Bonchev–Trinajstić information content (AvgIpc) is 2.61. The first-order valence-electron chi connectivity index (χ1n) is 4.84. The van der Waals surface area contributed by atoms with E-state index in [9.17, 15) is 0 Å². The monoisotopic (exact) mass is 187 g/mol. The number of oxazole rings is 1. The Hall–Kier alpha value is -1.57. The summed E-state index contributed by atoms with van der Waals surface area (Å²) < 4.78 is 5.60. The molecule has 0 unspecified atom stereocenters. The van der Waals surface area contributed by atoms with E-state index < -0.39 is 0 Å². The number of para-hydroxylation sites is 2. The number of nitrogens with zero attached hydrogens (tertiary/aromatic N) is 1. The zero-order valence-corrected chi connectivity index (χ0v) is 8.45. The van der Waals surface area contributed by atoms with Crippen molar-refractivity contribution in [3.8, 4) is 0 Å². The topological polar surface area (TPSA) is 26.0 Å². The summed E-state index contributed by atoms with van der Waals surface area (Å²) in [5.41, 5.74) is 2.88. The highest BCUT2D eigenvalue weighted by Gasteiger charge is 2.05. The molecule has 0 fully saturated rings. The average molecular weight is 187 g/mol. The van der Waals surface area contributed by atoms with Gasteiger partial charge in [0.2, 0.25) is 5.89 Å². The maximum atomic E-state index is 5.60. The number of benzene rings is 1. The Morgan fingerprint density at radius 1 is 1.43 bits per heavy atom. The van der Waals surface area contributed by atoms with Crippen LogP contribution in [-0.4, -0.2) is 4.98 Å². The third-order valence-corrected chi connectivity index (χ3v) is 2.14. The van der Waals surface area contributed by atoms with Gasteiger partial charge in [0.1, 0.15) is 5.52 Å². The Balaban J connectivity index is 2.50. The van der Waals surface area contributed by atoms with Crippen molar-refractivity contribution in [2.24, 2.45) is 0 Å². The molecule has 2 heteroatoms. The second-order valence-electron chi connectivity index (χ2n) is 3.28. The number of aromatic nitrogens is 1. The first-order chi connectivity index (χ1) is 6.81. The lowest BCUT2D eigenvalue weighted by atomic mass is 10.2. The molecule has 0 radical (unpaired) electrons. The molecule has 0 aliphatic rings. The lowest BCUT2D eigenvalue weighted by Crippen LogP contribution is -1.77. The molecule has 1 heterocycles. The van der Waals surface area contributed by atoms with Gasteiger partial charge in [0.25, 0.3) is 0 Å². The van der Waals surface area contributed by atoms with Crippen molar-refractivity contribution in [1.82, 2.24) is 4.98 Å². The lowest BCUT2D eigenvalue weighted by Gasteiger charge is -1.90. The Morgan fingerprint density at radius 3 is 2.93 bits per heavy atom. The highest BCUT2D eigenvalue weighted by atomic mass is 16.3. The van der Waals surface area contributed by atoms with Crippen molar-refractivity contribution in [2.75, 3.05) is 0 Å². The van der Waals surface area contributed by atoms with E-state index >= 15 is 0 Å². The van der Waals surface area contributed by atoms with Gasteiger partial charge in [-0.3, -0.25) is 0 Å². The fraction of sp³-hybridized carbons (Fsp3) is 0.250. The molecule has 1 aromatic carbocycles. The molecule has 14 heavy (non-hydrogen) atoms. The normalized spacial score (nSPS) is 12.3. The minimum absolute atomic E-state index is 0.730. The van der Waals surface area contributed by atoms with Gasteiger partial charge in [0, 0.05) is 5.57 Å². The van der Waals surface area contributed by atoms with Crippen molar-refractivity contribution >= 4 is 16.7 Å². The van der Waals surface area contributed by atoms with Crippen LogP contribution >= 0.6 is 0 Å². The quantitative estimate of drug-likeness (QED) is 0.717. The molecule has 0 saturated carbocycles. The highest BCUT2D eigenvalue weighted by molar-refractivity contribution is 5.75. The van der Waals surface area contributed by atoms with E-state index in [1.807, 2.05) is 31.2 Å². The van der Waals surface area contributed by atoms with E-state index in [4.69, 9.17) is 4.42 Å². The van der Waals surface area contributed by atoms with E-state index in [2.05, 4.69) is 18.0 Å². The Morgan fingerprint density at radius 2 is 2.21 bits per heavy atom. The maximum absolute atomic E-state index is 5.60. The predicted octanol–water partition coefficient (Wildman–Crippen LogP) is 3.64. The molecule has 2 aromatic rings. The molecule has 2 nitrogen and oxygen atoms in total. The molecule has 2 rings (SSSR count). The minimum Gasteiger partial charge on any atom is -0.436 e. The third-order valence-electron chi connectivity index (χ3n) is 2.14. The van der Waals surface area contributed by atoms with Crippen molar-refractivity contribution < 1.29 is 4.42 Å². The van der Waals surface area contributed by atoms with Crippen molar-refractivity contribution in [3.63, 3.8) is 0 Å². The number of allylic oxidation sites excluding steroid dienone is 2. The minimum atomic E-state index is 0.730. The Kier molecular flexibility index (Phi) is 2.35. The van der Waals surface area contributed by atoms with Gasteiger partial charge in [-0.2, -0.15) is 0 Å². The van der Waals surface area contributed by atoms with Crippen LogP contribution in [0.15, 0.2) is 34.8 Å². The molecule has 0 N–H and O–H groups in total. The second-order valence-corrected chi connectivity index (χ2v) is 3.28. The van der Waals surface area contributed by atoms with Crippen molar-refractivity contribution in [3.05, 3.63) is 36.2 Å². The van der Waals surface area contributed by atoms with E-state index in [-0.39, 0.29) is 0 Å². The van der Waals surface area contributed by atoms with Crippen LogP contribution in [0.25, 0.3) is 16.7 Å². The molecule has 0 saturated heterocycles. The van der Waals surface area contributed by atoms with Crippen molar-refractivity contribution in [1.29, 1.82) is 0 Å². The van der Waals surface area contributed by atoms with Gasteiger partial charge in [-0.25, -0.2) is 4.98 Å². The smallest absolute Gasteiger partial charge is 0.222 e. The molecule has 0 aliphatic carbocycles. The molecule has 0 atom stereocenters. The van der Waals surface area contributed by atoms with Gasteiger partial charge in [-0.1, -0.05) is 25.1 Å². The molecule has 72 valence electrons. The van der Waals surface area contributed by atoms with E-state index in [0.717, 1.165) is 29.0 Å². The number of hydrogen-bond acceptors (Lipinski definition) is 2. The van der Waals surface area contributed by atoms with Crippen LogP contribution < -0.4 is 0 Å². The van der Waals surface area contributed by atoms with Gasteiger partial charge < -0.3 is 4.42 Å². The zero-order valence-electron chi connectivity index (χ0n) is 8.45. The molecule has 0 amide bonds. The fourth-order valence-corrected chi connectivity index (χ4v) is 1.43. The van der Waals surface area contributed by atoms with Crippen LogP contribution in [0.1, 0.15) is 26.2 Å². The summed E-state index contributed by atoms with van der Waals surface area (Å²) in [5, 5.41) is 0. The molecule has 1 aromatic heterocycles. The molecule has 0 spiro atoms. The van der Waals surface area contributed by atoms with Crippen LogP contribution in [0.5, 0.6) is 0 Å². The second kappa shape index (κ2) is 3.66. The summed E-state index contributed by atoms with van der Waals surface area (Å²) in [6.45, 7) is 4.13. The first kappa shape index (κ1) is 9.00. The summed E-state index contributed by atoms with van der Waals surface area (Å²) in [7, 11) is 0. The van der Waals surface area contributed by atoms with Crippen LogP contribution in [-0.2, 0) is 0 Å². The lowest BCUT2D eigenvalue weighted by molar-refractivity contribution is 0.583. The van der Waals surface area contributed by atoms with Gasteiger partial charge in [-0.05, 0) is 25.5 Å².